The standard InChI is InChI=1S/C23H32O4S/c1-14-6-5-7-20-22(14,3)9-8-15(2)23(20,4)12-16-10-18(25)19(11-17(16)24)28-13-21(26)27/h6,10-11,15,20,24-25H,5,7-9,12-13H2,1-4H3,(H,26,27)/t15-,20+,22+,23+/m0/s1. The van der Waals surface area contributed by atoms with Crippen molar-refractivity contribution in [3.05, 3.63) is 29.3 Å². The smallest absolute Gasteiger partial charge is 0.313 e. The summed E-state index contributed by atoms with van der Waals surface area (Å²) in [5, 5.41) is 29.9. The lowest BCUT2D eigenvalue weighted by molar-refractivity contribution is -0.133. The molecule has 1 aromatic carbocycles. The van der Waals surface area contributed by atoms with Crippen LogP contribution in [0.4, 0.5) is 0 Å². The van der Waals surface area contributed by atoms with Crippen molar-refractivity contribution < 1.29 is 20.1 Å². The van der Waals surface area contributed by atoms with Crippen molar-refractivity contribution in [1.82, 2.24) is 0 Å². The number of aliphatic carboxylic acids is 1. The molecular weight excluding hydrogens is 372 g/mol. The molecule has 3 rings (SSSR count). The molecule has 0 aromatic heterocycles. The lowest BCUT2D eigenvalue weighted by Gasteiger charge is -2.58. The highest BCUT2D eigenvalue weighted by molar-refractivity contribution is 8.00. The Balaban J connectivity index is 1.92. The van der Waals surface area contributed by atoms with E-state index in [1.807, 2.05) is 0 Å². The Kier molecular flexibility index (Phi) is 5.77. The number of hydrogen-bond acceptors (Lipinski definition) is 4. The van der Waals surface area contributed by atoms with Gasteiger partial charge in [-0.3, -0.25) is 4.79 Å². The van der Waals surface area contributed by atoms with Crippen molar-refractivity contribution >= 4 is 17.7 Å². The van der Waals surface area contributed by atoms with E-state index in [0.717, 1.165) is 36.6 Å². The third-order valence-electron chi connectivity index (χ3n) is 7.68. The van der Waals surface area contributed by atoms with Crippen molar-refractivity contribution in [2.75, 3.05) is 5.75 Å². The van der Waals surface area contributed by atoms with E-state index < -0.39 is 5.97 Å². The number of allylic oxidation sites excluding steroid dienone is 2. The van der Waals surface area contributed by atoms with Crippen molar-refractivity contribution in [3.63, 3.8) is 0 Å². The molecule has 5 heteroatoms. The maximum absolute atomic E-state index is 10.8. The number of carbonyl (C=O) groups is 1. The molecule has 154 valence electrons. The number of carboxylic acid groups (broad SMARTS) is 1. The summed E-state index contributed by atoms with van der Waals surface area (Å²) in [5.41, 5.74) is 2.48. The normalized spacial score (nSPS) is 32.5. The van der Waals surface area contributed by atoms with Gasteiger partial charge >= 0.3 is 5.97 Å². The van der Waals surface area contributed by atoms with E-state index >= 15 is 0 Å². The molecule has 0 spiro atoms. The number of fused-ring (bicyclic) bond motifs is 1. The van der Waals surface area contributed by atoms with Crippen LogP contribution < -0.4 is 0 Å². The van der Waals surface area contributed by atoms with Crippen LogP contribution in [0.25, 0.3) is 0 Å². The first kappa shape index (κ1) is 21.1. The molecule has 4 atom stereocenters. The second kappa shape index (κ2) is 7.66. The highest BCUT2D eigenvalue weighted by atomic mass is 32.2. The fourth-order valence-corrected chi connectivity index (χ4v) is 6.30. The Morgan fingerprint density at radius 2 is 1.93 bits per heavy atom. The van der Waals surface area contributed by atoms with E-state index in [0.29, 0.717) is 23.2 Å². The summed E-state index contributed by atoms with van der Waals surface area (Å²) in [7, 11) is 0. The van der Waals surface area contributed by atoms with Gasteiger partial charge in [0, 0.05) is 0 Å². The maximum Gasteiger partial charge on any atom is 0.313 e. The molecule has 2 aliphatic carbocycles. The first-order valence-electron chi connectivity index (χ1n) is 10.1. The molecule has 0 amide bonds. The molecule has 0 bridgehead atoms. The van der Waals surface area contributed by atoms with Crippen LogP contribution in [0.3, 0.4) is 0 Å². The van der Waals surface area contributed by atoms with Gasteiger partial charge in [-0.25, -0.2) is 0 Å². The summed E-state index contributed by atoms with van der Waals surface area (Å²) >= 11 is 1.02. The molecular formula is C23H32O4S. The van der Waals surface area contributed by atoms with Crippen LogP contribution >= 0.6 is 11.8 Å². The third kappa shape index (κ3) is 3.66. The Morgan fingerprint density at radius 1 is 1.21 bits per heavy atom. The van der Waals surface area contributed by atoms with E-state index in [1.54, 1.807) is 6.07 Å². The zero-order chi connectivity index (χ0) is 20.7. The highest BCUT2D eigenvalue weighted by Gasteiger charge is 2.53. The van der Waals surface area contributed by atoms with Crippen LogP contribution in [0.15, 0.2) is 28.7 Å². The van der Waals surface area contributed by atoms with Crippen LogP contribution in [0, 0.1) is 22.7 Å². The van der Waals surface area contributed by atoms with Crippen molar-refractivity contribution in [3.8, 4) is 11.5 Å². The van der Waals surface area contributed by atoms with Crippen LogP contribution in [0.1, 0.15) is 58.9 Å². The van der Waals surface area contributed by atoms with Gasteiger partial charge in [0.25, 0.3) is 0 Å². The van der Waals surface area contributed by atoms with Gasteiger partial charge in [-0.2, -0.15) is 0 Å². The number of phenolic OH excluding ortho intramolecular Hbond substituents is 2. The van der Waals surface area contributed by atoms with Gasteiger partial charge in [-0.1, -0.05) is 32.4 Å². The molecule has 28 heavy (non-hydrogen) atoms. The van der Waals surface area contributed by atoms with Crippen LogP contribution in [-0.2, 0) is 11.2 Å². The molecule has 3 N–H and O–H groups in total. The molecule has 1 aromatic rings. The third-order valence-corrected chi connectivity index (χ3v) is 8.71. The van der Waals surface area contributed by atoms with Crippen molar-refractivity contribution in [2.45, 2.75) is 64.7 Å². The van der Waals surface area contributed by atoms with E-state index in [1.165, 1.54) is 18.1 Å². The molecule has 0 saturated heterocycles. The van der Waals surface area contributed by atoms with Crippen molar-refractivity contribution in [2.24, 2.45) is 22.7 Å². The summed E-state index contributed by atoms with van der Waals surface area (Å²) in [6.07, 6.45) is 7.74. The second-order valence-electron chi connectivity index (χ2n) is 9.19. The van der Waals surface area contributed by atoms with Gasteiger partial charge in [0.1, 0.15) is 11.5 Å². The predicted molar refractivity (Wildman–Crippen MR) is 113 cm³/mol. The topological polar surface area (TPSA) is 77.8 Å². The van der Waals surface area contributed by atoms with Crippen LogP contribution in [0.5, 0.6) is 11.5 Å². The minimum absolute atomic E-state index is 0.0299. The van der Waals surface area contributed by atoms with Gasteiger partial charge in [-0.05, 0) is 79.4 Å². The van der Waals surface area contributed by atoms with E-state index in [2.05, 4.69) is 33.8 Å². The number of hydrogen-bond donors (Lipinski definition) is 3. The SMILES string of the molecule is CC1=CCC[C@H]2[C@](C)(Cc3cc(O)c(SCC(=O)O)cc3O)[C@@H](C)CC[C@]12C. The van der Waals surface area contributed by atoms with Gasteiger partial charge in [-0.15, -0.1) is 11.8 Å². The average Bonchev–Trinajstić information content (AvgIpc) is 2.62. The van der Waals surface area contributed by atoms with Crippen LogP contribution in [0.2, 0.25) is 0 Å². The molecule has 0 unspecified atom stereocenters. The second-order valence-corrected chi connectivity index (χ2v) is 10.2. The largest absolute Gasteiger partial charge is 0.508 e. The number of thioether (sulfide) groups is 1. The fraction of sp³-hybridized carbons (Fsp3) is 0.609. The molecule has 1 fully saturated rings. The maximum atomic E-state index is 10.8. The summed E-state index contributed by atoms with van der Waals surface area (Å²) in [4.78, 5) is 11.2. The van der Waals surface area contributed by atoms with Gasteiger partial charge in [0.05, 0.1) is 10.6 Å². The minimum atomic E-state index is -0.948. The molecule has 0 radical (unpaired) electrons. The van der Waals surface area contributed by atoms with Crippen molar-refractivity contribution in [1.29, 1.82) is 0 Å². The fourth-order valence-electron chi connectivity index (χ4n) is 5.62. The van der Waals surface area contributed by atoms with Crippen LogP contribution in [-0.4, -0.2) is 27.0 Å². The average molecular weight is 405 g/mol. The minimum Gasteiger partial charge on any atom is -0.508 e. The molecule has 2 aliphatic rings. The highest BCUT2D eigenvalue weighted by Crippen LogP contribution is 2.61. The van der Waals surface area contributed by atoms with Gasteiger partial charge in [0.15, 0.2) is 0 Å². The number of phenols is 2. The molecule has 0 heterocycles. The first-order valence-corrected chi connectivity index (χ1v) is 11.1. The van der Waals surface area contributed by atoms with E-state index in [4.69, 9.17) is 5.11 Å². The van der Waals surface area contributed by atoms with E-state index in [9.17, 15) is 15.0 Å². The first-order chi connectivity index (χ1) is 13.1. The zero-order valence-corrected chi connectivity index (χ0v) is 18.1. The lowest BCUT2D eigenvalue weighted by Crippen LogP contribution is -2.50. The predicted octanol–water partition coefficient (Wildman–Crippen LogP) is 5.62. The summed E-state index contributed by atoms with van der Waals surface area (Å²) in [5.74, 6) is 0.169. The Morgan fingerprint density at radius 3 is 2.61 bits per heavy atom. The summed E-state index contributed by atoms with van der Waals surface area (Å²) in [6, 6.07) is 3.15. The Bertz CT molecular complexity index is 802. The summed E-state index contributed by atoms with van der Waals surface area (Å²) < 4.78 is 0. The van der Waals surface area contributed by atoms with Gasteiger partial charge < -0.3 is 15.3 Å². The van der Waals surface area contributed by atoms with Gasteiger partial charge in [0.2, 0.25) is 0 Å². The number of benzene rings is 1. The molecule has 1 saturated carbocycles. The summed E-state index contributed by atoms with van der Waals surface area (Å²) in [6.45, 7) is 9.33. The van der Waals surface area contributed by atoms with E-state index in [-0.39, 0.29) is 28.1 Å². The molecule has 4 nitrogen and oxygen atoms in total. The Hall–Kier alpha value is -1.62. The number of rotatable bonds is 5. The monoisotopic (exact) mass is 404 g/mol. The molecule has 0 aliphatic heterocycles. The lowest BCUT2D eigenvalue weighted by atomic mass is 9.47. The zero-order valence-electron chi connectivity index (χ0n) is 17.3. The Labute approximate surface area is 172 Å². The number of carboxylic acids is 1. The number of aromatic hydroxyl groups is 2. The quantitative estimate of drug-likeness (QED) is 0.337.